The smallest absolute Gasteiger partial charge is 0.234 e. The molecule has 1 aromatic heterocycles. The summed E-state index contributed by atoms with van der Waals surface area (Å²) in [6.45, 7) is 3.82. The first-order valence-corrected chi connectivity index (χ1v) is 8.07. The molecule has 0 atom stereocenters. The fourth-order valence-electron chi connectivity index (χ4n) is 2.89. The van der Waals surface area contributed by atoms with Crippen LogP contribution in [0.15, 0.2) is 48.7 Å². The topological polar surface area (TPSA) is 63.3 Å². The number of rotatable bonds is 5. The predicted molar refractivity (Wildman–Crippen MR) is 99.5 cm³/mol. The number of nitrogens with one attached hydrogen (secondary N) is 2. The first-order chi connectivity index (χ1) is 12.0. The maximum atomic E-state index is 13.0. The van der Waals surface area contributed by atoms with Gasteiger partial charge in [0.25, 0.3) is 0 Å². The molecular formula is C20H22N2O3. The van der Waals surface area contributed by atoms with Gasteiger partial charge in [-0.1, -0.05) is 18.2 Å². The lowest BCUT2D eigenvalue weighted by Gasteiger charge is -2.24. The van der Waals surface area contributed by atoms with Crippen LogP contribution >= 0.6 is 0 Å². The van der Waals surface area contributed by atoms with Gasteiger partial charge in [0.05, 0.1) is 25.3 Å². The zero-order chi connectivity index (χ0) is 18.0. The van der Waals surface area contributed by atoms with E-state index in [4.69, 9.17) is 9.47 Å². The van der Waals surface area contributed by atoms with Crippen molar-refractivity contribution in [1.82, 2.24) is 4.98 Å². The second-order valence-electron chi connectivity index (χ2n) is 6.39. The zero-order valence-corrected chi connectivity index (χ0v) is 14.8. The average molecular weight is 338 g/mol. The summed E-state index contributed by atoms with van der Waals surface area (Å²) in [4.78, 5) is 16.2. The maximum absolute atomic E-state index is 13.0. The summed E-state index contributed by atoms with van der Waals surface area (Å²) in [5.41, 5.74) is 1.86. The molecule has 0 aliphatic heterocycles. The lowest BCUT2D eigenvalue weighted by molar-refractivity contribution is -0.120. The highest BCUT2D eigenvalue weighted by molar-refractivity contribution is 6.02. The van der Waals surface area contributed by atoms with Crippen LogP contribution in [0.5, 0.6) is 11.5 Å². The molecule has 5 nitrogen and oxygen atoms in total. The number of aromatic amines is 1. The lowest BCUT2D eigenvalue weighted by atomic mass is 9.83. The predicted octanol–water partition coefficient (Wildman–Crippen LogP) is 4.10. The minimum Gasteiger partial charge on any atom is -0.497 e. The Balaban J connectivity index is 1.92. The monoisotopic (exact) mass is 338 g/mol. The molecule has 0 unspecified atom stereocenters. The van der Waals surface area contributed by atoms with Crippen molar-refractivity contribution in [2.45, 2.75) is 19.3 Å². The van der Waals surface area contributed by atoms with Crippen molar-refractivity contribution >= 4 is 22.5 Å². The minimum atomic E-state index is -0.718. The van der Waals surface area contributed by atoms with Gasteiger partial charge >= 0.3 is 0 Å². The number of amides is 1. The quantitative estimate of drug-likeness (QED) is 0.736. The van der Waals surface area contributed by atoms with Gasteiger partial charge in [-0.05, 0) is 37.6 Å². The first-order valence-electron chi connectivity index (χ1n) is 8.07. The van der Waals surface area contributed by atoms with Crippen molar-refractivity contribution < 1.29 is 14.3 Å². The van der Waals surface area contributed by atoms with Crippen LogP contribution in [0.25, 0.3) is 10.9 Å². The van der Waals surface area contributed by atoms with Crippen molar-refractivity contribution in [3.8, 4) is 11.5 Å². The van der Waals surface area contributed by atoms with Crippen molar-refractivity contribution in [2.24, 2.45) is 0 Å². The van der Waals surface area contributed by atoms with E-state index in [9.17, 15) is 4.79 Å². The molecule has 5 heteroatoms. The molecule has 0 radical (unpaired) electrons. The summed E-state index contributed by atoms with van der Waals surface area (Å²) in [5.74, 6) is 1.12. The van der Waals surface area contributed by atoms with Gasteiger partial charge < -0.3 is 19.8 Å². The van der Waals surface area contributed by atoms with E-state index in [0.29, 0.717) is 17.2 Å². The van der Waals surface area contributed by atoms with Crippen molar-refractivity contribution in [3.63, 3.8) is 0 Å². The fraction of sp³-hybridized carbons (Fsp3) is 0.250. The number of anilines is 1. The molecule has 25 heavy (non-hydrogen) atoms. The van der Waals surface area contributed by atoms with E-state index in [2.05, 4.69) is 10.3 Å². The van der Waals surface area contributed by atoms with Crippen LogP contribution in [0.3, 0.4) is 0 Å². The van der Waals surface area contributed by atoms with E-state index in [1.54, 1.807) is 32.4 Å². The van der Waals surface area contributed by atoms with E-state index in [1.807, 2.05) is 44.3 Å². The Hall–Kier alpha value is -2.95. The molecule has 3 rings (SSSR count). The number of para-hydroxylation sites is 1. The molecule has 1 amide bonds. The number of methoxy groups -OCH3 is 2. The van der Waals surface area contributed by atoms with Crippen LogP contribution in [0, 0.1) is 0 Å². The molecule has 0 aliphatic carbocycles. The SMILES string of the molecule is COc1ccc(NC(=O)C(C)(C)c2c[nH]c3ccccc23)c(OC)c1. The number of fused-ring (bicyclic) bond motifs is 1. The van der Waals surface area contributed by atoms with E-state index in [-0.39, 0.29) is 5.91 Å². The Labute approximate surface area is 147 Å². The van der Waals surface area contributed by atoms with Gasteiger partial charge in [0, 0.05) is 23.2 Å². The number of hydrogen-bond donors (Lipinski definition) is 2. The Bertz CT molecular complexity index is 912. The van der Waals surface area contributed by atoms with E-state index < -0.39 is 5.41 Å². The van der Waals surface area contributed by atoms with Gasteiger partial charge in [-0.25, -0.2) is 0 Å². The Kier molecular flexibility index (Phi) is 4.40. The van der Waals surface area contributed by atoms with Gasteiger partial charge in [-0.2, -0.15) is 0 Å². The molecule has 2 aromatic carbocycles. The third-order valence-corrected chi connectivity index (χ3v) is 4.49. The Morgan fingerprint density at radius 2 is 1.84 bits per heavy atom. The van der Waals surface area contributed by atoms with Crippen LogP contribution < -0.4 is 14.8 Å². The summed E-state index contributed by atoms with van der Waals surface area (Å²) in [6, 6.07) is 13.3. The maximum Gasteiger partial charge on any atom is 0.234 e. The number of ether oxygens (including phenoxy) is 2. The van der Waals surface area contributed by atoms with Gasteiger partial charge in [0.15, 0.2) is 0 Å². The van der Waals surface area contributed by atoms with Crippen LogP contribution in [-0.4, -0.2) is 25.1 Å². The van der Waals surface area contributed by atoms with Crippen LogP contribution in [0.4, 0.5) is 5.69 Å². The van der Waals surface area contributed by atoms with E-state index >= 15 is 0 Å². The molecule has 1 heterocycles. The molecule has 0 fully saturated rings. The molecule has 0 spiro atoms. The Morgan fingerprint density at radius 1 is 1.08 bits per heavy atom. The first kappa shape index (κ1) is 16.9. The third kappa shape index (κ3) is 3.05. The molecular weight excluding hydrogens is 316 g/mol. The molecule has 2 N–H and O–H groups in total. The van der Waals surface area contributed by atoms with Gasteiger partial charge in [0.1, 0.15) is 11.5 Å². The van der Waals surface area contributed by atoms with E-state index in [1.165, 1.54) is 0 Å². The molecule has 0 saturated heterocycles. The van der Waals surface area contributed by atoms with Crippen LogP contribution in [-0.2, 0) is 10.2 Å². The van der Waals surface area contributed by atoms with Gasteiger partial charge in [0.2, 0.25) is 5.91 Å². The third-order valence-electron chi connectivity index (χ3n) is 4.49. The zero-order valence-electron chi connectivity index (χ0n) is 14.8. The number of benzene rings is 2. The number of carbonyl (C=O) groups is 1. The van der Waals surface area contributed by atoms with E-state index in [0.717, 1.165) is 16.5 Å². The summed E-state index contributed by atoms with van der Waals surface area (Å²) < 4.78 is 10.6. The highest BCUT2D eigenvalue weighted by Crippen LogP contribution is 2.34. The Morgan fingerprint density at radius 3 is 2.56 bits per heavy atom. The molecule has 0 aliphatic rings. The number of carbonyl (C=O) groups excluding carboxylic acids is 1. The highest BCUT2D eigenvalue weighted by atomic mass is 16.5. The van der Waals surface area contributed by atoms with Gasteiger partial charge in [-0.3, -0.25) is 4.79 Å². The summed E-state index contributed by atoms with van der Waals surface area (Å²) >= 11 is 0. The minimum absolute atomic E-state index is 0.110. The summed E-state index contributed by atoms with van der Waals surface area (Å²) in [5, 5.41) is 4.02. The molecule has 130 valence electrons. The number of H-pyrrole nitrogens is 1. The normalized spacial score (nSPS) is 11.4. The summed E-state index contributed by atoms with van der Waals surface area (Å²) in [7, 11) is 3.16. The number of aromatic nitrogens is 1. The van der Waals surface area contributed by atoms with Crippen LogP contribution in [0.2, 0.25) is 0 Å². The second kappa shape index (κ2) is 6.51. The fourth-order valence-corrected chi connectivity index (χ4v) is 2.89. The van der Waals surface area contributed by atoms with Crippen molar-refractivity contribution in [3.05, 3.63) is 54.2 Å². The standard InChI is InChI=1S/C20H22N2O3/c1-20(2,15-12-21-16-8-6-5-7-14(15)16)19(23)22-17-10-9-13(24-3)11-18(17)25-4/h5-12,21H,1-4H3,(H,22,23). The average Bonchev–Trinajstić information content (AvgIpc) is 3.06. The number of hydrogen-bond acceptors (Lipinski definition) is 3. The highest BCUT2D eigenvalue weighted by Gasteiger charge is 2.32. The van der Waals surface area contributed by atoms with Gasteiger partial charge in [-0.15, -0.1) is 0 Å². The molecule has 0 saturated carbocycles. The lowest BCUT2D eigenvalue weighted by Crippen LogP contribution is -2.34. The van der Waals surface area contributed by atoms with Crippen molar-refractivity contribution in [1.29, 1.82) is 0 Å². The molecule has 3 aromatic rings. The summed E-state index contributed by atoms with van der Waals surface area (Å²) in [6.07, 6.45) is 1.90. The molecule has 0 bridgehead atoms. The largest absolute Gasteiger partial charge is 0.497 e. The van der Waals surface area contributed by atoms with Crippen LogP contribution in [0.1, 0.15) is 19.4 Å². The van der Waals surface area contributed by atoms with Crippen molar-refractivity contribution in [2.75, 3.05) is 19.5 Å². The second-order valence-corrected chi connectivity index (χ2v) is 6.39.